The molecule has 19 atom stereocenters. The number of ether oxygens (including phenoxy) is 3. The molecule has 0 amide bonds. The normalized spacial score (nSPS) is 38.2. The molecule has 0 saturated carbocycles. The van der Waals surface area contributed by atoms with Crippen molar-refractivity contribution in [3.63, 3.8) is 0 Å². The Bertz CT molecular complexity index is 1930. The number of carboxylic acids is 1. The molecule has 2 bridgehead atoms. The van der Waals surface area contributed by atoms with Crippen LogP contribution in [-0.4, -0.2) is 180 Å². The number of hydrogen-bond acceptors (Lipinski definition) is 17. The zero-order chi connectivity index (χ0) is 58.0. The summed E-state index contributed by atoms with van der Waals surface area (Å²) in [4.78, 5) is 41.5. The average molecular weight is 1100 g/mol. The van der Waals surface area contributed by atoms with E-state index in [1.165, 1.54) is 12.2 Å². The third kappa shape index (κ3) is 25.3. The molecule has 0 radical (unpaired) electrons. The zero-order valence-electron chi connectivity index (χ0n) is 47.0. The van der Waals surface area contributed by atoms with Crippen LogP contribution in [0.5, 0.6) is 0 Å². The van der Waals surface area contributed by atoms with Gasteiger partial charge in [0.1, 0.15) is 24.7 Å². The summed E-state index contributed by atoms with van der Waals surface area (Å²) in [6, 6.07) is 0. The van der Waals surface area contributed by atoms with Crippen LogP contribution in [0.3, 0.4) is 0 Å². The highest BCUT2D eigenvalue weighted by Crippen LogP contribution is 2.36. The second kappa shape index (κ2) is 35.5. The van der Waals surface area contributed by atoms with E-state index in [1.807, 2.05) is 27.0 Å². The Morgan fingerprint density at radius 1 is 0.805 bits per heavy atom. The monoisotopic (exact) mass is 1100 g/mol. The smallest absolute Gasteiger partial charge is 0.331 e. The minimum Gasteiger partial charge on any atom is -0.481 e. The number of nitrogens with one attached hydrogen (secondary N) is 2. The number of cyclic esters (lactones) is 1. The van der Waals surface area contributed by atoms with E-state index in [9.17, 15) is 70.6 Å². The number of hydrogen-bond donors (Lipinski definition) is 13. The first-order chi connectivity index (χ1) is 36.2. The van der Waals surface area contributed by atoms with Crippen molar-refractivity contribution < 1.29 is 84.8 Å². The van der Waals surface area contributed by atoms with Gasteiger partial charge in [-0.25, -0.2) is 4.79 Å². The molecular formula is C57H97N3O17. The van der Waals surface area contributed by atoms with Gasteiger partial charge in [-0.3, -0.25) is 14.6 Å². The lowest BCUT2D eigenvalue weighted by Gasteiger charge is -2.45. The number of aliphatic hydroxyl groups excluding tert-OH is 9. The van der Waals surface area contributed by atoms with Gasteiger partial charge in [0.2, 0.25) is 0 Å². The van der Waals surface area contributed by atoms with Crippen molar-refractivity contribution in [2.24, 2.45) is 40.5 Å². The first kappa shape index (κ1) is 69.0. The summed E-state index contributed by atoms with van der Waals surface area (Å²) in [7, 11) is 3.53. The van der Waals surface area contributed by atoms with Gasteiger partial charge in [-0.05, 0) is 75.7 Å². The number of esters is 2. The van der Waals surface area contributed by atoms with Gasteiger partial charge in [0.15, 0.2) is 11.7 Å². The highest BCUT2D eigenvalue weighted by molar-refractivity contribution is 5.90. The minimum absolute atomic E-state index is 0.0572. The number of carboxylic acid groups (broad SMARTS) is 1. The van der Waals surface area contributed by atoms with E-state index in [2.05, 4.69) is 27.8 Å². The molecule has 2 aliphatic rings. The largest absolute Gasteiger partial charge is 0.481 e. The number of carbonyl (C=O) groups is 3. The fraction of sp³-hybridized carbons (Fsp3) is 0.754. The maximum absolute atomic E-state index is 13.3. The third-order valence-corrected chi connectivity index (χ3v) is 15.2. The number of aliphatic imine (C=N–C) groups is 1. The molecule has 0 aromatic rings. The van der Waals surface area contributed by atoms with Gasteiger partial charge in [0, 0.05) is 82.5 Å². The van der Waals surface area contributed by atoms with E-state index in [-0.39, 0.29) is 56.8 Å². The van der Waals surface area contributed by atoms with Crippen LogP contribution in [0, 0.1) is 35.5 Å². The molecule has 442 valence electrons. The molecule has 1 fully saturated rings. The summed E-state index contributed by atoms with van der Waals surface area (Å²) in [5.41, 5.74) is 0.482. The number of allylic oxidation sites excluding steroid dienone is 6. The van der Waals surface area contributed by atoms with Crippen LogP contribution in [0.4, 0.5) is 0 Å². The van der Waals surface area contributed by atoms with Crippen LogP contribution < -0.4 is 10.6 Å². The van der Waals surface area contributed by atoms with Crippen LogP contribution >= 0.6 is 0 Å². The summed E-state index contributed by atoms with van der Waals surface area (Å²) in [5.74, 6) is -7.92. The fourth-order valence-corrected chi connectivity index (χ4v) is 9.77. The lowest BCUT2D eigenvalue weighted by atomic mass is 9.83. The molecule has 20 heteroatoms. The van der Waals surface area contributed by atoms with Crippen molar-refractivity contribution in [1.82, 2.24) is 10.6 Å². The first-order valence-corrected chi connectivity index (χ1v) is 27.6. The number of fused-ring (bicyclic) bond motifs is 2. The lowest BCUT2D eigenvalue weighted by Crippen LogP contribution is -2.60. The topological polar surface area (TPSA) is 338 Å². The Morgan fingerprint density at radius 2 is 1.45 bits per heavy atom. The molecule has 0 unspecified atom stereocenters. The Kier molecular flexibility index (Phi) is 31.9. The number of rotatable bonds is 12. The molecule has 0 aromatic carbocycles. The van der Waals surface area contributed by atoms with Crippen molar-refractivity contribution in [2.75, 3.05) is 20.6 Å². The van der Waals surface area contributed by atoms with Crippen molar-refractivity contribution in [1.29, 1.82) is 0 Å². The van der Waals surface area contributed by atoms with Crippen LogP contribution in [0.1, 0.15) is 138 Å². The van der Waals surface area contributed by atoms with E-state index in [0.29, 0.717) is 5.57 Å². The Morgan fingerprint density at radius 3 is 2.10 bits per heavy atom. The van der Waals surface area contributed by atoms with Gasteiger partial charge >= 0.3 is 17.9 Å². The molecule has 1 saturated heterocycles. The minimum atomic E-state index is -2.53. The Balaban J connectivity index is 2.43. The molecular weight excluding hydrogens is 999 g/mol. The predicted octanol–water partition coefficient (Wildman–Crippen LogP) is 3.49. The van der Waals surface area contributed by atoms with E-state index in [0.717, 1.165) is 44.6 Å². The van der Waals surface area contributed by atoms with Crippen LogP contribution in [0.2, 0.25) is 0 Å². The number of guanidine groups is 1. The van der Waals surface area contributed by atoms with Gasteiger partial charge in [0.25, 0.3) is 0 Å². The van der Waals surface area contributed by atoms with E-state index in [4.69, 9.17) is 14.2 Å². The van der Waals surface area contributed by atoms with Gasteiger partial charge in [-0.1, -0.05) is 90.2 Å². The summed E-state index contributed by atoms with van der Waals surface area (Å²) in [5, 5.41) is 127. The average Bonchev–Trinajstić information content (AvgIpc) is 3.36. The van der Waals surface area contributed by atoms with Crippen molar-refractivity contribution in [3.8, 4) is 0 Å². The van der Waals surface area contributed by atoms with Gasteiger partial charge in [0.05, 0.1) is 54.9 Å². The van der Waals surface area contributed by atoms with Gasteiger partial charge < -0.3 is 81.0 Å². The van der Waals surface area contributed by atoms with Crippen LogP contribution in [0.25, 0.3) is 0 Å². The number of unbranched alkanes of at least 4 members (excludes halogenated alkanes) is 2. The van der Waals surface area contributed by atoms with Crippen molar-refractivity contribution in [3.05, 3.63) is 60.3 Å². The van der Waals surface area contributed by atoms with Crippen molar-refractivity contribution in [2.45, 2.75) is 217 Å². The van der Waals surface area contributed by atoms with Crippen LogP contribution in [-0.2, 0) is 28.6 Å². The molecule has 0 aliphatic carbocycles. The fourth-order valence-electron chi connectivity index (χ4n) is 9.77. The second-order valence-corrected chi connectivity index (χ2v) is 21.8. The van der Waals surface area contributed by atoms with Crippen molar-refractivity contribution >= 4 is 23.9 Å². The summed E-state index contributed by atoms with van der Waals surface area (Å²) in [6.07, 6.45) is 2.50. The van der Waals surface area contributed by atoms with Crippen LogP contribution in [0.15, 0.2) is 65.2 Å². The number of nitrogens with zero attached hydrogens (tertiary/aromatic N) is 1. The third-order valence-electron chi connectivity index (χ3n) is 15.2. The Labute approximate surface area is 456 Å². The molecule has 13 N–H and O–H groups in total. The number of carbonyl (C=O) groups excluding carboxylic acids is 2. The van der Waals surface area contributed by atoms with E-state index in [1.54, 1.807) is 66.0 Å². The second-order valence-electron chi connectivity index (χ2n) is 21.8. The van der Waals surface area contributed by atoms with Gasteiger partial charge in [-0.2, -0.15) is 0 Å². The number of aliphatic hydroxyl groups is 10. The summed E-state index contributed by atoms with van der Waals surface area (Å²) >= 11 is 0. The summed E-state index contributed by atoms with van der Waals surface area (Å²) in [6.45, 7) is 13.0. The molecule has 77 heavy (non-hydrogen) atoms. The SMILES string of the molecule is CN=C(NC)NCCC/C=C/CCC[C@H](C)[C@@H]1OC(=O)/C=C/C=C/[C@@H](C)[C@@H](O)C[C@H](O)[C@H](C)[C@@H](O)CC[C@@H](C)[C@H](O)C[C@]2(O)O[C@H](C[C@@H](OC(=O)CC(=O)O)C[C@@H](O)C[C@@H](O)[C@@H](C)[C@@H](O)/C(C)=C/C=C/[C@H]1C)C[C@@H](O)[C@@H]2O. The highest BCUT2D eigenvalue weighted by Gasteiger charge is 2.50. The lowest BCUT2D eigenvalue weighted by molar-refractivity contribution is -0.333. The zero-order valence-corrected chi connectivity index (χ0v) is 47.0. The first-order valence-electron chi connectivity index (χ1n) is 27.6. The Hall–Kier alpha value is -4.06. The molecule has 20 nitrogen and oxygen atoms in total. The molecule has 0 aromatic heterocycles. The van der Waals surface area contributed by atoms with E-state index < -0.39 is 133 Å². The molecule has 2 rings (SSSR count). The maximum atomic E-state index is 13.3. The predicted molar refractivity (Wildman–Crippen MR) is 292 cm³/mol. The molecule has 0 spiro atoms. The molecule has 2 heterocycles. The maximum Gasteiger partial charge on any atom is 0.331 e. The standard InChI is InChI=1S/C57H97N3O17/c1-34-19-15-16-23-51(70)76-54(37(4)20-14-12-10-11-13-17-26-60-56(58-8)59-9)38(5)22-18-21-36(3)53(72)40(7)46(64)28-41(61)27-42(75-52(71)32-50(68)69)29-43-30-48(66)55(73)57(74,77-43)33-49(67)35(2)24-25-44(62)39(6)47(65)31-45(34)63/h10-11,15-16,18-19,21-23,34-35,37-49,53-55,61-67,72-74H,12-14,17,20,24-33H2,1-9H3,(H,68,69)(H2,58,59,60)/b11-10+,19-15+,22-18+,23-16+,36-21+/t34-,35-,37+,38-,39-,40-,41-,42+,43-,44+,45+,46-,47+,48-,49-,53+,54+,55+,57+/m1/s1. The number of aliphatic carboxylic acids is 1. The molecule has 2 aliphatic heterocycles. The summed E-state index contributed by atoms with van der Waals surface area (Å²) < 4.78 is 17.4. The quantitative estimate of drug-likeness (QED) is 0.0332. The highest BCUT2D eigenvalue weighted by atomic mass is 16.7. The van der Waals surface area contributed by atoms with E-state index >= 15 is 0 Å². The van der Waals surface area contributed by atoms with Gasteiger partial charge in [-0.15, -0.1) is 0 Å².